The average Bonchev–Trinajstić information content (AvgIpc) is 2.82. The summed E-state index contributed by atoms with van der Waals surface area (Å²) in [5.41, 5.74) is 4.16. The van der Waals surface area contributed by atoms with Crippen LogP contribution in [0, 0.1) is 6.92 Å². The summed E-state index contributed by atoms with van der Waals surface area (Å²) < 4.78 is 5.63. The minimum atomic E-state index is 0.674. The lowest BCUT2D eigenvalue weighted by Gasteiger charge is -2.07. The Labute approximate surface area is 105 Å². The number of aromatic nitrogens is 1. The maximum absolute atomic E-state index is 5.63. The molecule has 1 aromatic carbocycles. The quantitative estimate of drug-likeness (QED) is 0.798. The van der Waals surface area contributed by atoms with Crippen molar-refractivity contribution in [3.8, 4) is 5.75 Å². The molecular formula is C13H16N2OS. The zero-order valence-corrected chi connectivity index (χ0v) is 10.7. The van der Waals surface area contributed by atoms with Crippen LogP contribution in [0.2, 0.25) is 0 Å². The molecule has 0 saturated carbocycles. The van der Waals surface area contributed by atoms with Crippen LogP contribution in [0.1, 0.15) is 11.3 Å². The summed E-state index contributed by atoms with van der Waals surface area (Å²) in [5, 5.41) is 5.34. The third-order valence-corrected chi connectivity index (χ3v) is 2.96. The molecule has 0 aliphatic carbocycles. The van der Waals surface area contributed by atoms with Gasteiger partial charge in [-0.05, 0) is 24.6 Å². The Morgan fingerprint density at radius 1 is 1.41 bits per heavy atom. The molecule has 0 fully saturated rings. The number of nitrogens with zero attached hydrogens (tertiary/aromatic N) is 1. The van der Waals surface area contributed by atoms with Crippen LogP contribution >= 0.6 is 11.3 Å². The molecular weight excluding hydrogens is 232 g/mol. The highest BCUT2D eigenvalue weighted by molar-refractivity contribution is 7.07. The number of hydrogen-bond acceptors (Lipinski definition) is 4. The Morgan fingerprint density at radius 2 is 2.35 bits per heavy atom. The number of aryl methyl sites for hydroxylation is 1. The fourth-order valence-electron chi connectivity index (χ4n) is 1.49. The van der Waals surface area contributed by atoms with Crippen molar-refractivity contribution in [2.75, 3.05) is 13.2 Å². The van der Waals surface area contributed by atoms with Crippen molar-refractivity contribution in [2.45, 2.75) is 13.5 Å². The molecule has 1 N–H and O–H groups in total. The fraction of sp³-hybridized carbons (Fsp3) is 0.308. The van der Waals surface area contributed by atoms with E-state index in [0.29, 0.717) is 6.61 Å². The topological polar surface area (TPSA) is 34.1 Å². The lowest BCUT2D eigenvalue weighted by atomic mass is 10.2. The smallest absolute Gasteiger partial charge is 0.119 e. The molecule has 0 bridgehead atoms. The Morgan fingerprint density at radius 3 is 3.12 bits per heavy atom. The highest BCUT2D eigenvalue weighted by Crippen LogP contribution is 2.11. The lowest BCUT2D eigenvalue weighted by molar-refractivity contribution is 0.313. The SMILES string of the molecule is Cc1cccc(OCCNCc2cscn2)c1. The van der Waals surface area contributed by atoms with Crippen LogP contribution < -0.4 is 10.1 Å². The van der Waals surface area contributed by atoms with E-state index in [2.05, 4.69) is 28.7 Å². The van der Waals surface area contributed by atoms with Crippen LogP contribution in [0.5, 0.6) is 5.75 Å². The summed E-state index contributed by atoms with van der Waals surface area (Å²) in [5.74, 6) is 0.931. The highest BCUT2D eigenvalue weighted by atomic mass is 32.1. The van der Waals surface area contributed by atoms with Gasteiger partial charge in [-0.15, -0.1) is 11.3 Å². The van der Waals surface area contributed by atoms with Crippen molar-refractivity contribution in [3.63, 3.8) is 0 Å². The molecule has 90 valence electrons. The number of ether oxygens (including phenoxy) is 1. The first-order valence-electron chi connectivity index (χ1n) is 5.62. The molecule has 0 aliphatic heterocycles. The second-order valence-corrected chi connectivity index (χ2v) is 4.54. The van der Waals surface area contributed by atoms with Crippen LogP contribution in [0.15, 0.2) is 35.2 Å². The second-order valence-electron chi connectivity index (χ2n) is 3.82. The van der Waals surface area contributed by atoms with Gasteiger partial charge in [-0.1, -0.05) is 12.1 Å². The van der Waals surface area contributed by atoms with Gasteiger partial charge in [0, 0.05) is 18.5 Å². The lowest BCUT2D eigenvalue weighted by Crippen LogP contribution is -2.20. The molecule has 4 heteroatoms. The van der Waals surface area contributed by atoms with E-state index in [4.69, 9.17) is 4.74 Å². The van der Waals surface area contributed by atoms with E-state index in [0.717, 1.165) is 24.5 Å². The van der Waals surface area contributed by atoms with Gasteiger partial charge in [0.1, 0.15) is 12.4 Å². The van der Waals surface area contributed by atoms with Gasteiger partial charge in [-0.2, -0.15) is 0 Å². The molecule has 0 radical (unpaired) electrons. The van der Waals surface area contributed by atoms with Crippen molar-refractivity contribution in [2.24, 2.45) is 0 Å². The van der Waals surface area contributed by atoms with Crippen molar-refractivity contribution in [3.05, 3.63) is 46.4 Å². The molecule has 0 atom stereocenters. The van der Waals surface area contributed by atoms with E-state index in [9.17, 15) is 0 Å². The standard InChI is InChI=1S/C13H16N2OS/c1-11-3-2-4-13(7-11)16-6-5-14-8-12-9-17-10-15-12/h2-4,7,9-10,14H,5-6,8H2,1H3. The largest absolute Gasteiger partial charge is 0.492 e. The third-order valence-electron chi connectivity index (χ3n) is 2.33. The van der Waals surface area contributed by atoms with Crippen LogP contribution in [0.4, 0.5) is 0 Å². The van der Waals surface area contributed by atoms with Gasteiger partial charge < -0.3 is 10.1 Å². The van der Waals surface area contributed by atoms with E-state index >= 15 is 0 Å². The fourth-order valence-corrected chi connectivity index (χ4v) is 2.05. The number of rotatable bonds is 6. The second kappa shape index (κ2) is 6.37. The van der Waals surface area contributed by atoms with Gasteiger partial charge in [0.15, 0.2) is 0 Å². The average molecular weight is 248 g/mol. The summed E-state index contributed by atoms with van der Waals surface area (Å²) in [6.45, 7) is 4.37. The van der Waals surface area contributed by atoms with Gasteiger partial charge in [0.05, 0.1) is 11.2 Å². The Kier molecular flexibility index (Phi) is 4.53. The monoisotopic (exact) mass is 248 g/mol. The molecule has 0 aliphatic rings. The third kappa shape index (κ3) is 4.17. The summed E-state index contributed by atoms with van der Waals surface area (Å²) in [6, 6.07) is 8.09. The molecule has 3 nitrogen and oxygen atoms in total. The number of thiazole rings is 1. The van der Waals surface area contributed by atoms with E-state index in [1.165, 1.54) is 5.56 Å². The number of nitrogens with one attached hydrogen (secondary N) is 1. The molecule has 2 aromatic rings. The van der Waals surface area contributed by atoms with E-state index < -0.39 is 0 Å². The van der Waals surface area contributed by atoms with Crippen molar-refractivity contribution < 1.29 is 4.74 Å². The van der Waals surface area contributed by atoms with E-state index in [1.807, 2.05) is 23.7 Å². The minimum Gasteiger partial charge on any atom is -0.492 e. The predicted octanol–water partition coefficient (Wildman–Crippen LogP) is 2.62. The van der Waals surface area contributed by atoms with E-state index in [1.54, 1.807) is 11.3 Å². The predicted molar refractivity (Wildman–Crippen MR) is 70.5 cm³/mol. The maximum atomic E-state index is 5.63. The van der Waals surface area contributed by atoms with Crippen LogP contribution in [0.25, 0.3) is 0 Å². The molecule has 2 rings (SSSR count). The summed E-state index contributed by atoms with van der Waals surface area (Å²) in [6.07, 6.45) is 0. The summed E-state index contributed by atoms with van der Waals surface area (Å²) >= 11 is 1.62. The molecule has 0 unspecified atom stereocenters. The zero-order chi connectivity index (χ0) is 11.9. The van der Waals surface area contributed by atoms with Gasteiger partial charge >= 0.3 is 0 Å². The maximum Gasteiger partial charge on any atom is 0.119 e. The molecule has 17 heavy (non-hydrogen) atoms. The number of benzene rings is 1. The molecule has 1 aromatic heterocycles. The molecule has 1 heterocycles. The Bertz CT molecular complexity index is 442. The first-order chi connectivity index (χ1) is 8.34. The van der Waals surface area contributed by atoms with Gasteiger partial charge in [-0.25, -0.2) is 4.98 Å². The normalized spacial score (nSPS) is 10.4. The van der Waals surface area contributed by atoms with Gasteiger partial charge in [0.25, 0.3) is 0 Å². The van der Waals surface area contributed by atoms with Crippen molar-refractivity contribution >= 4 is 11.3 Å². The van der Waals surface area contributed by atoms with Crippen LogP contribution in [0.3, 0.4) is 0 Å². The van der Waals surface area contributed by atoms with Crippen LogP contribution in [-0.2, 0) is 6.54 Å². The van der Waals surface area contributed by atoms with Gasteiger partial charge in [-0.3, -0.25) is 0 Å². The van der Waals surface area contributed by atoms with Crippen molar-refractivity contribution in [1.29, 1.82) is 0 Å². The first-order valence-corrected chi connectivity index (χ1v) is 6.56. The van der Waals surface area contributed by atoms with Gasteiger partial charge in [0.2, 0.25) is 0 Å². The number of hydrogen-bond donors (Lipinski definition) is 1. The van der Waals surface area contributed by atoms with E-state index in [-0.39, 0.29) is 0 Å². The minimum absolute atomic E-state index is 0.674. The Hall–Kier alpha value is -1.39. The highest BCUT2D eigenvalue weighted by Gasteiger charge is 1.95. The zero-order valence-electron chi connectivity index (χ0n) is 9.85. The molecule has 0 saturated heterocycles. The molecule has 0 amide bonds. The Balaban J connectivity index is 1.63. The van der Waals surface area contributed by atoms with Crippen molar-refractivity contribution in [1.82, 2.24) is 10.3 Å². The summed E-state index contributed by atoms with van der Waals surface area (Å²) in [4.78, 5) is 4.20. The summed E-state index contributed by atoms with van der Waals surface area (Å²) in [7, 11) is 0. The first kappa shape index (κ1) is 12.1. The molecule has 0 spiro atoms. The van der Waals surface area contributed by atoms with Crippen LogP contribution in [-0.4, -0.2) is 18.1 Å².